The van der Waals surface area contributed by atoms with Crippen molar-refractivity contribution in [3.05, 3.63) is 84.1 Å². The Kier molecular flexibility index (Phi) is 3.78. The Hall–Kier alpha value is -3.41. The molecule has 0 atom stereocenters. The van der Waals surface area contributed by atoms with Crippen LogP contribution in [0.4, 0.5) is 10.2 Å². The number of carbonyl (C=O) groups excluding carboxylic acids is 1. The second-order valence-corrected chi connectivity index (χ2v) is 5.58. The summed E-state index contributed by atoms with van der Waals surface area (Å²) in [4.78, 5) is 16.8. The summed E-state index contributed by atoms with van der Waals surface area (Å²) >= 11 is 0. The van der Waals surface area contributed by atoms with Gasteiger partial charge in [0, 0.05) is 24.9 Å². The third kappa shape index (κ3) is 3.01. The van der Waals surface area contributed by atoms with Crippen LogP contribution < -0.4 is 5.32 Å². The zero-order chi connectivity index (χ0) is 17.2. The van der Waals surface area contributed by atoms with Gasteiger partial charge >= 0.3 is 0 Å². The Labute approximate surface area is 142 Å². The summed E-state index contributed by atoms with van der Waals surface area (Å²) in [5, 5.41) is 2.76. The van der Waals surface area contributed by atoms with Crippen LogP contribution in [0, 0.1) is 5.82 Å². The number of fused-ring (bicyclic) bond motifs is 1. The van der Waals surface area contributed by atoms with E-state index < -0.39 is 0 Å². The molecule has 0 saturated carbocycles. The molecule has 5 nitrogen and oxygen atoms in total. The van der Waals surface area contributed by atoms with E-state index in [1.54, 1.807) is 53.4 Å². The molecule has 0 aliphatic heterocycles. The van der Waals surface area contributed by atoms with Crippen molar-refractivity contribution in [3.63, 3.8) is 0 Å². The van der Waals surface area contributed by atoms with E-state index in [4.69, 9.17) is 4.42 Å². The average Bonchev–Trinajstić information content (AvgIpc) is 3.19. The molecule has 4 aromatic rings. The number of benzene rings is 1. The monoisotopic (exact) mass is 335 g/mol. The molecule has 3 aromatic heterocycles. The molecule has 4 rings (SSSR count). The molecule has 0 spiro atoms. The second kappa shape index (κ2) is 6.24. The van der Waals surface area contributed by atoms with Crippen LogP contribution in [-0.4, -0.2) is 15.5 Å². The molecular weight excluding hydrogens is 321 g/mol. The van der Waals surface area contributed by atoms with Crippen molar-refractivity contribution < 1.29 is 13.6 Å². The number of aromatic nitrogens is 2. The predicted molar refractivity (Wildman–Crippen MR) is 91.9 cm³/mol. The Bertz CT molecular complexity index is 1040. The topological polar surface area (TPSA) is 60.1 Å². The van der Waals surface area contributed by atoms with E-state index in [1.807, 2.05) is 6.07 Å². The number of hydrogen-bond donors (Lipinski definition) is 1. The molecule has 0 saturated heterocycles. The Morgan fingerprint density at radius 1 is 1.16 bits per heavy atom. The minimum Gasteiger partial charge on any atom is -0.463 e. The third-order valence-electron chi connectivity index (χ3n) is 3.89. The van der Waals surface area contributed by atoms with Crippen molar-refractivity contribution in [1.82, 2.24) is 9.55 Å². The van der Waals surface area contributed by atoms with Gasteiger partial charge in [0.2, 0.25) is 0 Å². The molecule has 0 aliphatic rings. The number of hydrogen-bond acceptors (Lipinski definition) is 3. The number of pyridine rings is 1. The molecule has 0 fully saturated rings. The summed E-state index contributed by atoms with van der Waals surface area (Å²) in [6, 6.07) is 15.0. The largest absolute Gasteiger partial charge is 0.463 e. The van der Waals surface area contributed by atoms with E-state index >= 15 is 0 Å². The number of amides is 1. The van der Waals surface area contributed by atoms with Gasteiger partial charge in [-0.15, -0.1) is 0 Å². The fourth-order valence-electron chi connectivity index (χ4n) is 2.77. The Morgan fingerprint density at radius 3 is 2.88 bits per heavy atom. The number of halogens is 1. The highest BCUT2D eigenvalue weighted by molar-refractivity contribution is 6.05. The molecule has 0 unspecified atom stereocenters. The van der Waals surface area contributed by atoms with Crippen LogP contribution >= 0.6 is 0 Å². The highest BCUT2D eigenvalue weighted by Crippen LogP contribution is 2.23. The molecule has 0 radical (unpaired) electrons. The maximum atomic E-state index is 13.5. The molecule has 25 heavy (non-hydrogen) atoms. The zero-order valence-electron chi connectivity index (χ0n) is 13.1. The van der Waals surface area contributed by atoms with Crippen molar-refractivity contribution in [3.8, 4) is 0 Å². The van der Waals surface area contributed by atoms with E-state index in [0.29, 0.717) is 23.6 Å². The van der Waals surface area contributed by atoms with Crippen LogP contribution in [-0.2, 0) is 6.54 Å². The molecule has 1 N–H and O–H groups in total. The molecule has 0 bridgehead atoms. The molecule has 1 amide bonds. The maximum Gasteiger partial charge on any atom is 0.273 e. The fraction of sp³-hybridized carbons (Fsp3) is 0.0526. The first-order valence-electron chi connectivity index (χ1n) is 7.74. The van der Waals surface area contributed by atoms with Gasteiger partial charge in [0.25, 0.3) is 5.91 Å². The first kappa shape index (κ1) is 15.1. The standard InChI is InChI=1S/C19H14FN3O2/c20-14-5-3-4-13(10-14)12-23-15-7-9-25-17(15)11-16(23)19(24)22-18-6-1-2-8-21-18/h1-11H,12H2,(H,21,22,24). The van der Waals surface area contributed by atoms with E-state index in [-0.39, 0.29) is 11.7 Å². The number of nitrogens with one attached hydrogen (secondary N) is 1. The van der Waals surface area contributed by atoms with Crippen molar-refractivity contribution in [2.24, 2.45) is 0 Å². The lowest BCUT2D eigenvalue weighted by molar-refractivity contribution is 0.101. The van der Waals surface area contributed by atoms with Crippen LogP contribution in [0.1, 0.15) is 16.1 Å². The minimum absolute atomic E-state index is 0.304. The van der Waals surface area contributed by atoms with E-state index in [1.165, 1.54) is 12.1 Å². The highest BCUT2D eigenvalue weighted by atomic mass is 19.1. The lowest BCUT2D eigenvalue weighted by atomic mass is 10.2. The molecule has 124 valence electrons. The van der Waals surface area contributed by atoms with Gasteiger partial charge in [-0.25, -0.2) is 9.37 Å². The van der Waals surface area contributed by atoms with Crippen LogP contribution in [0.15, 0.2) is 71.5 Å². The highest BCUT2D eigenvalue weighted by Gasteiger charge is 2.18. The predicted octanol–water partition coefficient (Wildman–Crippen LogP) is 4.07. The van der Waals surface area contributed by atoms with Gasteiger partial charge in [-0.1, -0.05) is 18.2 Å². The lowest BCUT2D eigenvalue weighted by Gasteiger charge is -2.10. The Balaban J connectivity index is 1.71. The number of nitrogens with zero attached hydrogens (tertiary/aromatic N) is 2. The lowest BCUT2D eigenvalue weighted by Crippen LogP contribution is -2.18. The second-order valence-electron chi connectivity index (χ2n) is 5.58. The quantitative estimate of drug-likeness (QED) is 0.611. The molecule has 3 heterocycles. The van der Waals surface area contributed by atoms with Crippen LogP contribution in [0.2, 0.25) is 0 Å². The van der Waals surface area contributed by atoms with E-state index in [9.17, 15) is 9.18 Å². The van der Waals surface area contributed by atoms with Gasteiger partial charge in [0.15, 0.2) is 5.58 Å². The minimum atomic E-state index is -0.312. The molecular formula is C19H14FN3O2. The SMILES string of the molecule is O=C(Nc1ccccn1)c1cc2occc2n1Cc1cccc(F)c1. The summed E-state index contributed by atoms with van der Waals surface area (Å²) in [5.74, 6) is -0.156. The number of furan rings is 1. The summed E-state index contributed by atoms with van der Waals surface area (Å²) in [6.07, 6.45) is 3.17. The van der Waals surface area contributed by atoms with Crippen molar-refractivity contribution in [2.75, 3.05) is 5.32 Å². The Morgan fingerprint density at radius 2 is 2.08 bits per heavy atom. The van der Waals surface area contributed by atoms with E-state index in [2.05, 4.69) is 10.3 Å². The van der Waals surface area contributed by atoms with Gasteiger partial charge in [0.05, 0.1) is 11.8 Å². The van der Waals surface area contributed by atoms with Crippen molar-refractivity contribution in [2.45, 2.75) is 6.54 Å². The van der Waals surface area contributed by atoms with E-state index in [0.717, 1.165) is 11.1 Å². The average molecular weight is 335 g/mol. The van der Waals surface area contributed by atoms with Crippen molar-refractivity contribution in [1.29, 1.82) is 0 Å². The van der Waals surface area contributed by atoms with Gasteiger partial charge in [-0.3, -0.25) is 4.79 Å². The van der Waals surface area contributed by atoms with Gasteiger partial charge < -0.3 is 14.3 Å². The van der Waals surface area contributed by atoms with Crippen LogP contribution in [0.25, 0.3) is 11.1 Å². The summed E-state index contributed by atoms with van der Waals surface area (Å²) in [5.41, 5.74) is 2.55. The van der Waals surface area contributed by atoms with Gasteiger partial charge in [0.1, 0.15) is 17.3 Å². The number of anilines is 1. The molecule has 1 aromatic carbocycles. The fourth-order valence-corrected chi connectivity index (χ4v) is 2.77. The zero-order valence-corrected chi connectivity index (χ0v) is 13.1. The van der Waals surface area contributed by atoms with Gasteiger partial charge in [-0.05, 0) is 29.8 Å². The van der Waals surface area contributed by atoms with Gasteiger partial charge in [-0.2, -0.15) is 0 Å². The number of rotatable bonds is 4. The van der Waals surface area contributed by atoms with Crippen LogP contribution in [0.5, 0.6) is 0 Å². The smallest absolute Gasteiger partial charge is 0.273 e. The van der Waals surface area contributed by atoms with Crippen LogP contribution in [0.3, 0.4) is 0 Å². The maximum absolute atomic E-state index is 13.5. The third-order valence-corrected chi connectivity index (χ3v) is 3.89. The molecule has 6 heteroatoms. The van der Waals surface area contributed by atoms with Crippen molar-refractivity contribution >= 4 is 22.8 Å². The molecule has 0 aliphatic carbocycles. The first-order chi connectivity index (χ1) is 12.2. The normalized spacial score (nSPS) is 10.9. The summed E-state index contributed by atoms with van der Waals surface area (Å²) < 4.78 is 20.7. The summed E-state index contributed by atoms with van der Waals surface area (Å²) in [6.45, 7) is 0.353. The first-order valence-corrected chi connectivity index (χ1v) is 7.74. The number of carbonyl (C=O) groups is 1. The summed E-state index contributed by atoms with van der Waals surface area (Å²) in [7, 11) is 0.